The van der Waals surface area contributed by atoms with Crippen molar-refractivity contribution < 1.29 is 9.90 Å². The van der Waals surface area contributed by atoms with Gasteiger partial charge in [0.2, 0.25) is 0 Å². The molecule has 1 atom stereocenters. The molecule has 1 fully saturated rings. The quantitative estimate of drug-likeness (QED) is 0.801. The molecule has 0 amide bonds. The Labute approximate surface area is 101 Å². The van der Waals surface area contributed by atoms with E-state index in [9.17, 15) is 4.79 Å². The number of aliphatic carboxylic acids is 1. The van der Waals surface area contributed by atoms with Gasteiger partial charge in [0.15, 0.2) is 0 Å². The molecule has 1 saturated carbocycles. The van der Waals surface area contributed by atoms with Crippen molar-refractivity contribution in [1.29, 1.82) is 0 Å². The average molecular weight is 241 g/mol. The van der Waals surface area contributed by atoms with Crippen LogP contribution in [-0.2, 0) is 4.79 Å². The number of halogens is 1. The van der Waals surface area contributed by atoms with Crippen LogP contribution in [0, 0.1) is 17.8 Å². The first-order valence-electron chi connectivity index (χ1n) is 5.93. The third-order valence-electron chi connectivity index (χ3n) is 3.81. The molecule has 3 heteroatoms. The zero-order valence-corrected chi connectivity index (χ0v) is 9.99. The number of carboxylic acids is 1. The van der Waals surface area contributed by atoms with Gasteiger partial charge in [-0.3, -0.25) is 4.79 Å². The third kappa shape index (κ3) is 2.67. The van der Waals surface area contributed by atoms with E-state index < -0.39 is 5.97 Å². The Morgan fingerprint density at radius 3 is 2.50 bits per heavy atom. The number of rotatable bonds is 2. The van der Waals surface area contributed by atoms with Crippen molar-refractivity contribution >= 4 is 17.6 Å². The van der Waals surface area contributed by atoms with E-state index in [1.165, 1.54) is 0 Å². The maximum absolute atomic E-state index is 10.8. The lowest BCUT2D eigenvalue weighted by atomic mass is 9.74. The molecule has 2 nitrogen and oxygen atoms in total. The highest BCUT2D eigenvalue weighted by Gasteiger charge is 2.29. The standard InChI is InChI=1S/C13H17ClO2/c14-12-7-5-10(6-8-12)9-1-3-11(4-2-9)13(15)16/h5,7-11H,1-4,6H2,(H,15,16)/t9-,10?,11-. The lowest BCUT2D eigenvalue weighted by molar-refractivity contribution is -0.143. The van der Waals surface area contributed by atoms with Gasteiger partial charge in [-0.15, -0.1) is 0 Å². The fraction of sp³-hybridized carbons (Fsp3) is 0.615. The number of hydrogen-bond donors (Lipinski definition) is 1. The van der Waals surface area contributed by atoms with E-state index in [-0.39, 0.29) is 5.92 Å². The molecule has 0 aromatic rings. The van der Waals surface area contributed by atoms with E-state index in [0.29, 0.717) is 11.8 Å². The highest BCUT2D eigenvalue weighted by Crippen LogP contribution is 2.37. The molecule has 1 N–H and O–H groups in total. The first-order chi connectivity index (χ1) is 7.66. The summed E-state index contributed by atoms with van der Waals surface area (Å²) in [6.07, 6.45) is 11.0. The van der Waals surface area contributed by atoms with Gasteiger partial charge in [0, 0.05) is 5.03 Å². The van der Waals surface area contributed by atoms with Crippen LogP contribution in [0.4, 0.5) is 0 Å². The highest BCUT2D eigenvalue weighted by molar-refractivity contribution is 6.31. The van der Waals surface area contributed by atoms with E-state index in [4.69, 9.17) is 16.7 Å². The van der Waals surface area contributed by atoms with Crippen LogP contribution in [-0.4, -0.2) is 11.1 Å². The minimum atomic E-state index is -0.624. The first-order valence-corrected chi connectivity index (χ1v) is 6.31. The predicted molar refractivity (Wildman–Crippen MR) is 64.3 cm³/mol. The van der Waals surface area contributed by atoms with Gasteiger partial charge in [0.05, 0.1) is 5.92 Å². The smallest absolute Gasteiger partial charge is 0.306 e. The van der Waals surface area contributed by atoms with E-state index >= 15 is 0 Å². The van der Waals surface area contributed by atoms with Gasteiger partial charge in [-0.05, 0) is 50.0 Å². The minimum Gasteiger partial charge on any atom is -0.481 e. The molecule has 2 aliphatic carbocycles. The van der Waals surface area contributed by atoms with Crippen molar-refractivity contribution in [3.63, 3.8) is 0 Å². The van der Waals surface area contributed by atoms with Gasteiger partial charge in [-0.2, -0.15) is 0 Å². The molecule has 1 unspecified atom stereocenters. The number of allylic oxidation sites excluding steroid dienone is 4. The maximum Gasteiger partial charge on any atom is 0.306 e. The molecule has 0 aliphatic heterocycles. The molecule has 88 valence electrons. The summed E-state index contributed by atoms with van der Waals surface area (Å²) in [4.78, 5) is 10.8. The van der Waals surface area contributed by atoms with E-state index in [2.05, 4.69) is 12.2 Å². The van der Waals surface area contributed by atoms with Crippen molar-refractivity contribution in [3.05, 3.63) is 23.3 Å². The van der Waals surface area contributed by atoms with Crippen LogP contribution in [0.1, 0.15) is 32.1 Å². The van der Waals surface area contributed by atoms with Gasteiger partial charge in [0.1, 0.15) is 0 Å². The first kappa shape index (κ1) is 11.7. The van der Waals surface area contributed by atoms with Gasteiger partial charge in [-0.1, -0.05) is 23.8 Å². The minimum absolute atomic E-state index is 0.108. The van der Waals surface area contributed by atoms with Crippen molar-refractivity contribution in [2.45, 2.75) is 32.1 Å². The lowest BCUT2D eigenvalue weighted by Crippen LogP contribution is -2.25. The molecule has 0 aromatic heterocycles. The molecule has 0 bridgehead atoms. The second kappa shape index (κ2) is 5.05. The summed E-state index contributed by atoms with van der Waals surface area (Å²) in [5.41, 5.74) is 0. The van der Waals surface area contributed by atoms with E-state index in [1.54, 1.807) is 0 Å². The predicted octanol–water partition coefficient (Wildman–Crippen LogP) is 3.58. The summed E-state index contributed by atoms with van der Waals surface area (Å²) >= 11 is 5.88. The van der Waals surface area contributed by atoms with E-state index in [1.807, 2.05) is 6.08 Å². The number of carboxylic acid groups (broad SMARTS) is 1. The molecular weight excluding hydrogens is 224 g/mol. The zero-order valence-electron chi connectivity index (χ0n) is 9.23. The van der Waals surface area contributed by atoms with Crippen LogP contribution in [0.25, 0.3) is 0 Å². The van der Waals surface area contributed by atoms with Gasteiger partial charge >= 0.3 is 5.97 Å². The fourth-order valence-corrected chi connectivity index (χ4v) is 2.92. The lowest BCUT2D eigenvalue weighted by Gasteiger charge is -2.31. The summed E-state index contributed by atoms with van der Waals surface area (Å²) < 4.78 is 0. The van der Waals surface area contributed by atoms with Crippen molar-refractivity contribution in [2.24, 2.45) is 17.8 Å². The summed E-state index contributed by atoms with van der Waals surface area (Å²) in [5, 5.41) is 9.76. The van der Waals surface area contributed by atoms with Crippen molar-refractivity contribution in [2.75, 3.05) is 0 Å². The number of hydrogen-bond acceptors (Lipinski definition) is 1. The molecule has 0 radical (unpaired) electrons. The largest absolute Gasteiger partial charge is 0.481 e. The van der Waals surface area contributed by atoms with Gasteiger partial charge in [-0.25, -0.2) is 0 Å². The van der Waals surface area contributed by atoms with Crippen LogP contribution in [0.2, 0.25) is 0 Å². The Kier molecular flexibility index (Phi) is 3.70. The van der Waals surface area contributed by atoms with Crippen LogP contribution in [0.15, 0.2) is 23.3 Å². The summed E-state index contributed by atoms with van der Waals surface area (Å²) in [5.74, 6) is 0.480. The van der Waals surface area contributed by atoms with Crippen LogP contribution >= 0.6 is 11.6 Å². The Bertz CT molecular complexity index is 325. The zero-order chi connectivity index (χ0) is 11.5. The Hall–Kier alpha value is -0.760. The van der Waals surface area contributed by atoms with Gasteiger partial charge < -0.3 is 5.11 Å². The second-order valence-electron chi connectivity index (χ2n) is 4.80. The number of carbonyl (C=O) groups is 1. The SMILES string of the molecule is O=C(O)[C@H]1CC[C@H](C2C=CC(Cl)=CC2)CC1. The fourth-order valence-electron chi connectivity index (χ4n) is 2.75. The van der Waals surface area contributed by atoms with Crippen LogP contribution in [0.3, 0.4) is 0 Å². The molecule has 2 rings (SSSR count). The van der Waals surface area contributed by atoms with Crippen molar-refractivity contribution in [1.82, 2.24) is 0 Å². The summed E-state index contributed by atoms with van der Waals surface area (Å²) in [7, 11) is 0. The monoisotopic (exact) mass is 240 g/mol. The average Bonchev–Trinajstić information content (AvgIpc) is 2.30. The van der Waals surface area contributed by atoms with Crippen molar-refractivity contribution in [3.8, 4) is 0 Å². The van der Waals surface area contributed by atoms with Gasteiger partial charge in [0.25, 0.3) is 0 Å². The molecular formula is C13H17ClO2. The molecule has 0 spiro atoms. The topological polar surface area (TPSA) is 37.3 Å². The second-order valence-corrected chi connectivity index (χ2v) is 5.23. The molecule has 2 aliphatic rings. The Morgan fingerprint density at radius 1 is 1.31 bits per heavy atom. The van der Waals surface area contributed by atoms with E-state index in [0.717, 1.165) is 37.1 Å². The molecule has 0 saturated heterocycles. The summed E-state index contributed by atoms with van der Waals surface area (Å²) in [6.45, 7) is 0. The molecule has 0 aromatic carbocycles. The Balaban J connectivity index is 1.86. The maximum atomic E-state index is 10.8. The Morgan fingerprint density at radius 2 is 2.00 bits per heavy atom. The summed E-state index contributed by atoms with van der Waals surface area (Å²) in [6, 6.07) is 0. The molecule has 0 heterocycles. The highest BCUT2D eigenvalue weighted by atomic mass is 35.5. The van der Waals surface area contributed by atoms with Crippen LogP contribution in [0.5, 0.6) is 0 Å². The third-order valence-corrected chi connectivity index (χ3v) is 4.09. The van der Waals surface area contributed by atoms with Crippen LogP contribution < -0.4 is 0 Å². The molecule has 16 heavy (non-hydrogen) atoms. The normalized spacial score (nSPS) is 34.6.